The van der Waals surface area contributed by atoms with E-state index in [0.717, 1.165) is 0 Å². The smallest absolute Gasteiger partial charge is 0.0728 e. The Balaban J connectivity index is 1.28. The van der Waals surface area contributed by atoms with Gasteiger partial charge in [0.2, 0.25) is 0 Å². The van der Waals surface area contributed by atoms with Gasteiger partial charge in [-0.3, -0.25) is 0 Å². The molecule has 0 aliphatic carbocycles. The molecule has 0 spiro atoms. The van der Waals surface area contributed by atoms with E-state index in [1.807, 2.05) is 11.3 Å². The summed E-state index contributed by atoms with van der Waals surface area (Å²) in [6.45, 7) is 0. The molecular weight excluding hydrogens is 516 g/mol. The maximum absolute atomic E-state index is 2.51. The summed E-state index contributed by atoms with van der Waals surface area (Å²) in [6.07, 6.45) is 0. The molecular formula is C38H20N2S. The normalized spacial score (nSPS) is 12.9. The molecule has 6 aromatic carbocycles. The first-order chi connectivity index (χ1) is 20.3. The first kappa shape index (κ1) is 20.7. The van der Waals surface area contributed by atoms with Crippen molar-refractivity contribution in [2.45, 2.75) is 0 Å². The van der Waals surface area contributed by atoms with Crippen molar-refractivity contribution >= 4 is 96.9 Å². The molecule has 11 rings (SSSR count). The van der Waals surface area contributed by atoms with Crippen LogP contribution in [-0.4, -0.2) is 8.80 Å². The Morgan fingerprint density at radius 2 is 0.951 bits per heavy atom. The molecule has 0 saturated carbocycles. The van der Waals surface area contributed by atoms with Crippen LogP contribution in [0.3, 0.4) is 0 Å². The average Bonchev–Trinajstić information content (AvgIpc) is 3.81. The highest BCUT2D eigenvalue weighted by Crippen LogP contribution is 2.47. The summed E-state index contributed by atoms with van der Waals surface area (Å²) in [5, 5.41) is 10.6. The Labute approximate surface area is 237 Å². The second-order valence-electron chi connectivity index (χ2n) is 11.3. The van der Waals surface area contributed by atoms with E-state index in [9.17, 15) is 0 Å². The van der Waals surface area contributed by atoms with Crippen molar-refractivity contribution < 1.29 is 0 Å². The summed E-state index contributed by atoms with van der Waals surface area (Å²) in [7, 11) is 0. The maximum atomic E-state index is 2.51. The number of rotatable bonds is 1. The van der Waals surface area contributed by atoms with Gasteiger partial charge < -0.3 is 8.80 Å². The molecule has 0 radical (unpaired) electrons. The van der Waals surface area contributed by atoms with Gasteiger partial charge in [-0.05, 0) is 53.6 Å². The van der Waals surface area contributed by atoms with Crippen LogP contribution in [0, 0.1) is 0 Å². The minimum absolute atomic E-state index is 1.26. The molecule has 188 valence electrons. The Bertz CT molecular complexity index is 2860. The standard InChI is InChI=1S/C38H20N2S/c1-4-13-31-23(8-1)25-11-7-12-26-28-18-21(16-17-33(28)39(31)35(25)26)22-19-29-24-9-2-5-14-32(24)40-36(29)30(20-22)38-37(40)27-10-3-6-15-34(27)41-38/h1-20H. The summed E-state index contributed by atoms with van der Waals surface area (Å²) in [6, 6.07) is 45.2. The van der Waals surface area contributed by atoms with Gasteiger partial charge in [0.05, 0.1) is 37.8 Å². The highest BCUT2D eigenvalue weighted by Gasteiger charge is 2.22. The third-order valence-electron chi connectivity index (χ3n) is 9.36. The Morgan fingerprint density at radius 1 is 0.366 bits per heavy atom. The van der Waals surface area contributed by atoms with Gasteiger partial charge in [0.25, 0.3) is 0 Å². The van der Waals surface area contributed by atoms with Crippen molar-refractivity contribution in [2.24, 2.45) is 0 Å². The number of nitrogens with zero attached hydrogens (tertiary/aromatic N) is 2. The van der Waals surface area contributed by atoms with Gasteiger partial charge in [0.15, 0.2) is 0 Å². The number of aromatic nitrogens is 2. The van der Waals surface area contributed by atoms with Gasteiger partial charge in [0, 0.05) is 47.8 Å². The van der Waals surface area contributed by atoms with Gasteiger partial charge in [-0.25, -0.2) is 0 Å². The topological polar surface area (TPSA) is 8.82 Å². The zero-order valence-corrected chi connectivity index (χ0v) is 22.7. The van der Waals surface area contributed by atoms with E-state index >= 15 is 0 Å². The lowest BCUT2D eigenvalue weighted by atomic mass is 9.98. The molecule has 5 heterocycles. The van der Waals surface area contributed by atoms with Crippen LogP contribution >= 0.6 is 11.3 Å². The molecule has 0 fully saturated rings. The van der Waals surface area contributed by atoms with Gasteiger partial charge in [-0.15, -0.1) is 11.3 Å². The maximum Gasteiger partial charge on any atom is 0.0728 e. The van der Waals surface area contributed by atoms with Crippen LogP contribution in [-0.2, 0) is 0 Å². The van der Waals surface area contributed by atoms with Crippen molar-refractivity contribution in [2.75, 3.05) is 0 Å². The lowest BCUT2D eigenvalue weighted by molar-refractivity contribution is 1.37. The molecule has 11 aromatic rings. The van der Waals surface area contributed by atoms with Crippen molar-refractivity contribution in [1.29, 1.82) is 0 Å². The Morgan fingerprint density at radius 3 is 1.80 bits per heavy atom. The minimum Gasteiger partial charge on any atom is -0.308 e. The van der Waals surface area contributed by atoms with E-state index in [1.54, 1.807) is 0 Å². The SMILES string of the molecule is c1ccc2c(c1)sc1c3cc(-c4ccc5c(c4)c4cccc6c7ccccc7n5c64)cc4c5ccccc5n(c43)c21. The summed E-state index contributed by atoms with van der Waals surface area (Å²) in [5.41, 5.74) is 10.4. The first-order valence-corrected chi connectivity index (χ1v) is 14.9. The van der Waals surface area contributed by atoms with Crippen LogP contribution in [0.2, 0.25) is 0 Å². The van der Waals surface area contributed by atoms with Crippen molar-refractivity contribution in [3.8, 4) is 11.1 Å². The largest absolute Gasteiger partial charge is 0.308 e. The molecule has 0 atom stereocenters. The third-order valence-corrected chi connectivity index (χ3v) is 10.6. The van der Waals surface area contributed by atoms with Crippen LogP contribution in [0.25, 0.3) is 96.7 Å². The second-order valence-corrected chi connectivity index (χ2v) is 12.4. The van der Waals surface area contributed by atoms with Gasteiger partial charge in [-0.1, -0.05) is 78.9 Å². The number of benzene rings is 6. The quantitative estimate of drug-likeness (QED) is 0.197. The number of fused-ring (bicyclic) bond motifs is 14. The summed E-state index contributed by atoms with van der Waals surface area (Å²) in [4.78, 5) is 0. The van der Waals surface area contributed by atoms with Crippen molar-refractivity contribution in [1.82, 2.24) is 8.80 Å². The molecule has 0 unspecified atom stereocenters. The number of para-hydroxylation sites is 3. The highest BCUT2D eigenvalue weighted by atomic mass is 32.1. The van der Waals surface area contributed by atoms with Crippen molar-refractivity contribution in [3.05, 3.63) is 121 Å². The van der Waals surface area contributed by atoms with E-state index in [2.05, 4.69) is 130 Å². The Kier molecular flexibility index (Phi) is 3.52. The van der Waals surface area contributed by atoms with E-state index in [4.69, 9.17) is 0 Å². The lowest BCUT2D eigenvalue weighted by Gasteiger charge is -2.06. The summed E-state index contributed by atoms with van der Waals surface area (Å²) >= 11 is 1.92. The highest BCUT2D eigenvalue weighted by molar-refractivity contribution is 7.26. The van der Waals surface area contributed by atoms with E-state index in [1.165, 1.54) is 96.7 Å². The van der Waals surface area contributed by atoms with E-state index in [0.29, 0.717) is 0 Å². The lowest BCUT2D eigenvalue weighted by Crippen LogP contribution is -1.83. The minimum atomic E-state index is 1.26. The predicted molar refractivity (Wildman–Crippen MR) is 177 cm³/mol. The second kappa shape index (κ2) is 6.95. The molecule has 2 nitrogen and oxygen atoms in total. The molecule has 41 heavy (non-hydrogen) atoms. The van der Waals surface area contributed by atoms with E-state index in [-0.39, 0.29) is 0 Å². The van der Waals surface area contributed by atoms with Crippen LogP contribution in [0.4, 0.5) is 0 Å². The fraction of sp³-hybridized carbons (Fsp3) is 0. The van der Waals surface area contributed by atoms with E-state index < -0.39 is 0 Å². The van der Waals surface area contributed by atoms with Gasteiger partial charge in [0.1, 0.15) is 0 Å². The third kappa shape index (κ3) is 2.34. The zero-order chi connectivity index (χ0) is 26.4. The molecule has 0 N–H and O–H groups in total. The molecule has 0 aliphatic rings. The summed E-state index contributed by atoms with van der Waals surface area (Å²) < 4.78 is 7.70. The monoisotopic (exact) mass is 536 g/mol. The molecule has 0 bridgehead atoms. The van der Waals surface area contributed by atoms with Crippen LogP contribution in [0.5, 0.6) is 0 Å². The molecule has 0 amide bonds. The first-order valence-electron chi connectivity index (χ1n) is 14.1. The average molecular weight is 537 g/mol. The van der Waals surface area contributed by atoms with Crippen LogP contribution in [0.15, 0.2) is 121 Å². The molecule has 3 heteroatoms. The fourth-order valence-electron chi connectivity index (χ4n) is 7.72. The zero-order valence-electron chi connectivity index (χ0n) is 21.8. The molecule has 0 aliphatic heterocycles. The van der Waals surface area contributed by atoms with Crippen molar-refractivity contribution in [3.63, 3.8) is 0 Å². The predicted octanol–water partition coefficient (Wildman–Crippen LogP) is 10.9. The number of hydrogen-bond acceptors (Lipinski definition) is 1. The van der Waals surface area contributed by atoms with Crippen LogP contribution in [0.1, 0.15) is 0 Å². The summed E-state index contributed by atoms with van der Waals surface area (Å²) in [5.74, 6) is 0. The van der Waals surface area contributed by atoms with Gasteiger partial charge in [-0.2, -0.15) is 0 Å². The molecule has 5 aromatic heterocycles. The number of hydrogen-bond donors (Lipinski definition) is 0. The van der Waals surface area contributed by atoms with Gasteiger partial charge >= 0.3 is 0 Å². The van der Waals surface area contributed by atoms with Crippen LogP contribution < -0.4 is 0 Å². The molecule has 0 saturated heterocycles. The Hall–Kier alpha value is -5.12. The number of thiophene rings is 1. The fourth-order valence-corrected chi connectivity index (χ4v) is 8.92.